The summed E-state index contributed by atoms with van der Waals surface area (Å²) in [5, 5.41) is 8.81. The van der Waals surface area contributed by atoms with Crippen molar-refractivity contribution >= 4 is 17.6 Å². The summed E-state index contributed by atoms with van der Waals surface area (Å²) in [6.07, 6.45) is -0.747. The fourth-order valence-corrected chi connectivity index (χ4v) is 1.98. The highest BCUT2D eigenvalue weighted by Crippen LogP contribution is 2.31. The summed E-state index contributed by atoms with van der Waals surface area (Å²) in [6, 6.07) is 5.66. The maximum atomic E-state index is 11.9. The van der Waals surface area contributed by atoms with Crippen LogP contribution < -0.4 is 20.7 Å². The zero-order valence-electron chi connectivity index (χ0n) is 9.99. The topological polar surface area (TPSA) is 74.8 Å². The standard InChI is InChI=1S/C12H14N4O2/c1-7-3-2-4-8-9(7)15-10(17)11(18-8)16-12-13-5-6-14-12/h2-4,11H,5-6H2,1H3,(H,15,17)(H2,13,14,16). The van der Waals surface area contributed by atoms with E-state index in [0.717, 1.165) is 17.8 Å². The Hall–Kier alpha value is -2.24. The number of nitrogens with zero attached hydrogens (tertiary/aromatic N) is 1. The first kappa shape index (κ1) is 10.9. The van der Waals surface area contributed by atoms with Crippen LogP contribution in [0.2, 0.25) is 0 Å². The normalized spacial score (nSPS) is 21.3. The summed E-state index contributed by atoms with van der Waals surface area (Å²) in [6.45, 7) is 3.43. The molecule has 0 spiro atoms. The number of ether oxygens (including phenoxy) is 1. The van der Waals surface area contributed by atoms with Crippen molar-refractivity contribution < 1.29 is 9.53 Å². The van der Waals surface area contributed by atoms with E-state index in [1.54, 1.807) is 0 Å². The largest absolute Gasteiger partial charge is 0.459 e. The van der Waals surface area contributed by atoms with Gasteiger partial charge in [0.15, 0.2) is 5.96 Å². The molecule has 1 amide bonds. The molecule has 1 unspecified atom stereocenters. The lowest BCUT2D eigenvalue weighted by molar-refractivity contribution is -0.124. The van der Waals surface area contributed by atoms with Gasteiger partial charge in [0.05, 0.1) is 12.2 Å². The highest BCUT2D eigenvalue weighted by Gasteiger charge is 2.29. The van der Waals surface area contributed by atoms with Gasteiger partial charge in [0, 0.05) is 6.54 Å². The van der Waals surface area contributed by atoms with Crippen LogP contribution in [0.15, 0.2) is 23.2 Å². The molecular weight excluding hydrogens is 232 g/mol. The third-order valence-corrected chi connectivity index (χ3v) is 2.91. The minimum Gasteiger partial charge on any atom is -0.459 e. The van der Waals surface area contributed by atoms with E-state index in [9.17, 15) is 4.79 Å². The molecule has 0 saturated carbocycles. The Morgan fingerprint density at radius 1 is 1.50 bits per heavy atom. The lowest BCUT2D eigenvalue weighted by atomic mass is 10.1. The van der Waals surface area contributed by atoms with Gasteiger partial charge in [-0.15, -0.1) is 0 Å². The molecule has 1 aromatic rings. The first-order chi connectivity index (χ1) is 8.74. The van der Waals surface area contributed by atoms with Crippen LogP contribution in [0, 0.1) is 6.92 Å². The molecule has 0 bridgehead atoms. The summed E-state index contributed by atoms with van der Waals surface area (Å²) >= 11 is 0. The summed E-state index contributed by atoms with van der Waals surface area (Å²) in [7, 11) is 0. The number of para-hydroxylation sites is 1. The number of hydrogen-bond acceptors (Lipinski definition) is 5. The molecule has 94 valence electrons. The molecule has 18 heavy (non-hydrogen) atoms. The highest BCUT2D eigenvalue weighted by atomic mass is 16.5. The molecule has 2 aliphatic rings. The molecule has 3 rings (SSSR count). The number of amides is 1. The van der Waals surface area contributed by atoms with Crippen LogP contribution in [-0.4, -0.2) is 31.2 Å². The molecule has 6 heteroatoms. The molecule has 2 heterocycles. The second kappa shape index (κ2) is 4.21. The fourth-order valence-electron chi connectivity index (χ4n) is 1.98. The van der Waals surface area contributed by atoms with Crippen LogP contribution in [0.3, 0.4) is 0 Å². The van der Waals surface area contributed by atoms with E-state index in [1.165, 1.54) is 0 Å². The minimum absolute atomic E-state index is 0.215. The van der Waals surface area contributed by atoms with Gasteiger partial charge in [-0.05, 0) is 18.6 Å². The van der Waals surface area contributed by atoms with Gasteiger partial charge in [0.25, 0.3) is 12.1 Å². The number of hydrogen-bond donors (Lipinski definition) is 3. The van der Waals surface area contributed by atoms with Gasteiger partial charge in [-0.3, -0.25) is 9.79 Å². The van der Waals surface area contributed by atoms with Crippen molar-refractivity contribution in [2.75, 3.05) is 18.4 Å². The van der Waals surface area contributed by atoms with Crippen LogP contribution in [-0.2, 0) is 4.79 Å². The summed E-state index contributed by atoms with van der Waals surface area (Å²) < 4.78 is 5.64. The highest BCUT2D eigenvalue weighted by molar-refractivity contribution is 6.00. The molecule has 0 radical (unpaired) electrons. The Kier molecular flexibility index (Phi) is 2.55. The van der Waals surface area contributed by atoms with Crippen molar-refractivity contribution in [2.45, 2.75) is 13.2 Å². The van der Waals surface area contributed by atoms with E-state index >= 15 is 0 Å². The monoisotopic (exact) mass is 246 g/mol. The first-order valence-electron chi connectivity index (χ1n) is 5.86. The maximum Gasteiger partial charge on any atom is 0.287 e. The van der Waals surface area contributed by atoms with E-state index in [1.807, 2.05) is 25.1 Å². The van der Waals surface area contributed by atoms with Crippen LogP contribution >= 0.6 is 0 Å². The van der Waals surface area contributed by atoms with Gasteiger partial charge in [0.1, 0.15) is 5.75 Å². The summed E-state index contributed by atoms with van der Waals surface area (Å²) in [4.78, 5) is 16.1. The van der Waals surface area contributed by atoms with E-state index in [0.29, 0.717) is 18.3 Å². The van der Waals surface area contributed by atoms with Gasteiger partial charge in [-0.25, -0.2) is 0 Å². The second-order valence-corrected chi connectivity index (χ2v) is 4.24. The molecule has 3 N–H and O–H groups in total. The number of carbonyl (C=O) groups is 1. The average Bonchev–Trinajstić information content (AvgIpc) is 2.84. The number of benzene rings is 1. The Labute approximate surface area is 104 Å². The number of aliphatic imine (C=N–C) groups is 1. The second-order valence-electron chi connectivity index (χ2n) is 4.24. The van der Waals surface area contributed by atoms with Gasteiger partial charge in [-0.2, -0.15) is 0 Å². The zero-order chi connectivity index (χ0) is 12.5. The Morgan fingerprint density at radius 2 is 2.39 bits per heavy atom. The van der Waals surface area contributed by atoms with Crippen molar-refractivity contribution in [2.24, 2.45) is 4.99 Å². The minimum atomic E-state index is -0.747. The molecule has 2 aliphatic heterocycles. The van der Waals surface area contributed by atoms with E-state index < -0.39 is 6.23 Å². The number of guanidine groups is 1. The van der Waals surface area contributed by atoms with Gasteiger partial charge in [-0.1, -0.05) is 12.1 Å². The quantitative estimate of drug-likeness (QED) is 0.662. The van der Waals surface area contributed by atoms with Gasteiger partial charge >= 0.3 is 0 Å². The number of fused-ring (bicyclic) bond motifs is 1. The van der Waals surface area contributed by atoms with Crippen LogP contribution in [0.5, 0.6) is 5.75 Å². The number of anilines is 1. The smallest absolute Gasteiger partial charge is 0.287 e. The zero-order valence-corrected chi connectivity index (χ0v) is 9.99. The maximum absolute atomic E-state index is 11.9. The fraction of sp³-hybridized carbons (Fsp3) is 0.333. The molecule has 1 aromatic carbocycles. The number of nitrogens with one attached hydrogen (secondary N) is 3. The van der Waals surface area contributed by atoms with Gasteiger partial charge < -0.3 is 20.7 Å². The number of aryl methyl sites for hydroxylation is 1. The first-order valence-corrected chi connectivity index (χ1v) is 5.86. The lowest BCUT2D eigenvalue weighted by Crippen LogP contribution is -2.52. The molecule has 0 aromatic heterocycles. The summed E-state index contributed by atoms with van der Waals surface area (Å²) in [5.74, 6) is 1.06. The van der Waals surface area contributed by atoms with Crippen molar-refractivity contribution in [3.8, 4) is 5.75 Å². The SMILES string of the molecule is Cc1cccc2c1NC(=O)C(NC1=NCCN1)O2. The van der Waals surface area contributed by atoms with Crippen LogP contribution in [0.4, 0.5) is 5.69 Å². The Balaban J connectivity index is 1.81. The third kappa shape index (κ3) is 1.85. The number of carbonyl (C=O) groups excluding carboxylic acids is 1. The molecular formula is C12H14N4O2. The van der Waals surface area contributed by atoms with E-state index in [4.69, 9.17) is 4.74 Å². The van der Waals surface area contributed by atoms with E-state index in [2.05, 4.69) is 20.9 Å². The molecule has 0 fully saturated rings. The van der Waals surface area contributed by atoms with Crippen LogP contribution in [0.25, 0.3) is 0 Å². The Bertz CT molecular complexity index is 527. The third-order valence-electron chi connectivity index (χ3n) is 2.91. The average molecular weight is 246 g/mol. The van der Waals surface area contributed by atoms with Crippen molar-refractivity contribution in [3.05, 3.63) is 23.8 Å². The molecule has 0 saturated heterocycles. The molecule has 6 nitrogen and oxygen atoms in total. The molecule has 0 aliphatic carbocycles. The van der Waals surface area contributed by atoms with Crippen molar-refractivity contribution in [1.82, 2.24) is 10.6 Å². The van der Waals surface area contributed by atoms with Crippen molar-refractivity contribution in [1.29, 1.82) is 0 Å². The van der Waals surface area contributed by atoms with Crippen molar-refractivity contribution in [3.63, 3.8) is 0 Å². The summed E-state index contributed by atoms with van der Waals surface area (Å²) in [5.41, 5.74) is 1.72. The molecule has 1 atom stereocenters. The van der Waals surface area contributed by atoms with E-state index in [-0.39, 0.29) is 5.91 Å². The van der Waals surface area contributed by atoms with Crippen LogP contribution in [0.1, 0.15) is 5.56 Å². The predicted molar refractivity (Wildman–Crippen MR) is 67.7 cm³/mol. The predicted octanol–water partition coefficient (Wildman–Crippen LogP) is 0.201. The van der Waals surface area contributed by atoms with Gasteiger partial charge in [0.2, 0.25) is 0 Å². The number of rotatable bonds is 1. The lowest BCUT2D eigenvalue weighted by Gasteiger charge is -2.27. The Morgan fingerprint density at radius 3 is 3.17 bits per heavy atom.